The molecule has 0 bridgehead atoms. The van der Waals surface area contributed by atoms with Crippen LogP contribution >= 0.6 is 0 Å². The molecular weight excluding hydrogens is 378 g/mol. The summed E-state index contributed by atoms with van der Waals surface area (Å²) in [6, 6.07) is 5.12. The van der Waals surface area contributed by atoms with Crippen molar-refractivity contribution in [2.45, 2.75) is 36.0 Å². The van der Waals surface area contributed by atoms with Gasteiger partial charge in [-0.2, -0.15) is 8.61 Å². The van der Waals surface area contributed by atoms with Crippen molar-refractivity contribution in [3.8, 4) is 0 Å². The van der Waals surface area contributed by atoms with Crippen molar-refractivity contribution < 1.29 is 21.6 Å². The monoisotopic (exact) mass is 403 g/mol. The Labute approximate surface area is 155 Å². The molecule has 146 valence electrons. The highest BCUT2D eigenvalue weighted by Crippen LogP contribution is 2.23. The number of benzene rings is 1. The Morgan fingerprint density at radius 1 is 1.08 bits per heavy atom. The van der Waals surface area contributed by atoms with Crippen LogP contribution in [0.25, 0.3) is 0 Å². The summed E-state index contributed by atoms with van der Waals surface area (Å²) in [5.74, 6) is -0.383. The van der Waals surface area contributed by atoms with Gasteiger partial charge >= 0.3 is 0 Å². The summed E-state index contributed by atoms with van der Waals surface area (Å²) in [6.45, 7) is 3.06. The third-order valence-electron chi connectivity index (χ3n) is 4.17. The highest BCUT2D eigenvalue weighted by molar-refractivity contribution is 7.89. The van der Waals surface area contributed by atoms with Gasteiger partial charge in [-0.15, -0.1) is 0 Å². The van der Waals surface area contributed by atoms with Crippen molar-refractivity contribution in [1.29, 1.82) is 0 Å². The Balaban J connectivity index is 2.14. The number of nitrogens with zero attached hydrogens (tertiary/aromatic N) is 2. The highest BCUT2D eigenvalue weighted by atomic mass is 32.2. The molecule has 0 radical (unpaired) electrons. The van der Waals surface area contributed by atoms with Gasteiger partial charge in [0, 0.05) is 26.7 Å². The lowest BCUT2D eigenvalue weighted by atomic mass is 10.4. The van der Waals surface area contributed by atoms with Gasteiger partial charge in [-0.25, -0.2) is 16.8 Å². The molecular formula is C16H25N3O5S2. The van der Waals surface area contributed by atoms with Gasteiger partial charge < -0.3 is 5.32 Å². The summed E-state index contributed by atoms with van der Waals surface area (Å²) in [7, 11) is -6.15. The Morgan fingerprint density at radius 3 is 2.15 bits per heavy atom. The van der Waals surface area contributed by atoms with E-state index in [9.17, 15) is 21.6 Å². The highest BCUT2D eigenvalue weighted by Gasteiger charge is 2.28. The molecule has 1 fully saturated rings. The van der Waals surface area contributed by atoms with Crippen molar-refractivity contribution in [2.24, 2.45) is 0 Å². The first kappa shape index (κ1) is 20.8. The molecule has 0 aliphatic carbocycles. The molecule has 0 atom stereocenters. The van der Waals surface area contributed by atoms with Crippen molar-refractivity contribution in [3.05, 3.63) is 24.3 Å². The van der Waals surface area contributed by atoms with E-state index in [0.29, 0.717) is 19.6 Å². The smallest absolute Gasteiger partial charge is 0.243 e. The fraction of sp³-hybridized carbons (Fsp3) is 0.562. The molecule has 1 amide bonds. The molecule has 1 saturated heterocycles. The van der Waals surface area contributed by atoms with Crippen LogP contribution in [0, 0.1) is 0 Å². The van der Waals surface area contributed by atoms with Crippen LogP contribution < -0.4 is 5.32 Å². The van der Waals surface area contributed by atoms with E-state index in [-0.39, 0.29) is 22.2 Å². The van der Waals surface area contributed by atoms with E-state index in [1.165, 1.54) is 35.6 Å². The first-order valence-electron chi connectivity index (χ1n) is 8.53. The fourth-order valence-corrected chi connectivity index (χ4v) is 5.29. The average molecular weight is 404 g/mol. The van der Waals surface area contributed by atoms with Crippen LogP contribution in [0.1, 0.15) is 26.2 Å². The van der Waals surface area contributed by atoms with Crippen molar-refractivity contribution >= 4 is 26.0 Å². The number of rotatable bonds is 8. The number of carbonyl (C=O) groups is 1. The molecule has 0 aromatic heterocycles. The number of carbonyl (C=O) groups excluding carboxylic acids is 1. The second-order valence-electron chi connectivity index (χ2n) is 6.19. The lowest BCUT2D eigenvalue weighted by molar-refractivity contribution is -0.121. The summed E-state index contributed by atoms with van der Waals surface area (Å²) < 4.78 is 52.4. The number of hydrogen-bond acceptors (Lipinski definition) is 5. The van der Waals surface area contributed by atoms with Crippen LogP contribution in [0.3, 0.4) is 0 Å². The van der Waals surface area contributed by atoms with Crippen LogP contribution in [-0.2, 0) is 24.8 Å². The van der Waals surface area contributed by atoms with Crippen molar-refractivity contribution in [3.63, 3.8) is 0 Å². The largest absolute Gasteiger partial charge is 0.355 e. The van der Waals surface area contributed by atoms with Crippen molar-refractivity contribution in [1.82, 2.24) is 13.9 Å². The van der Waals surface area contributed by atoms with Gasteiger partial charge in [-0.3, -0.25) is 4.79 Å². The number of sulfonamides is 2. The lowest BCUT2D eigenvalue weighted by Gasteiger charge is -2.18. The van der Waals surface area contributed by atoms with Crippen LogP contribution in [-0.4, -0.2) is 64.6 Å². The van der Waals surface area contributed by atoms with Gasteiger partial charge in [-0.05, 0) is 43.5 Å². The summed E-state index contributed by atoms with van der Waals surface area (Å²) in [6.07, 6.45) is 2.42. The van der Waals surface area contributed by atoms with Gasteiger partial charge in [0.25, 0.3) is 0 Å². The van der Waals surface area contributed by atoms with Gasteiger partial charge in [0.15, 0.2) is 0 Å². The first-order chi connectivity index (χ1) is 12.2. The molecule has 1 aliphatic heterocycles. The minimum absolute atomic E-state index is 0.0522. The Morgan fingerprint density at radius 2 is 1.62 bits per heavy atom. The zero-order valence-electron chi connectivity index (χ0n) is 15.0. The lowest BCUT2D eigenvalue weighted by Crippen LogP contribution is -2.38. The zero-order chi connectivity index (χ0) is 19.4. The number of likely N-dealkylation sites (N-methyl/N-ethyl adjacent to an activating group) is 1. The van der Waals surface area contributed by atoms with Gasteiger partial charge in [0.1, 0.15) is 0 Å². The quantitative estimate of drug-likeness (QED) is 0.685. The summed E-state index contributed by atoms with van der Waals surface area (Å²) in [4.78, 5) is 11.7. The number of amides is 1. The standard InChI is InChI=1S/C16H25N3O5S2/c1-3-10-17-16(20)13-18(2)25(21,22)14-6-8-15(9-7-14)26(23,24)19-11-4-5-12-19/h6-9H,3-5,10-13H2,1-2H3,(H,17,20). The van der Waals surface area contributed by atoms with Gasteiger partial charge in [-0.1, -0.05) is 6.92 Å². The number of hydrogen-bond donors (Lipinski definition) is 1. The van der Waals surface area contributed by atoms with E-state index >= 15 is 0 Å². The van der Waals surface area contributed by atoms with Gasteiger partial charge in [0.2, 0.25) is 26.0 Å². The minimum Gasteiger partial charge on any atom is -0.355 e. The molecule has 1 aromatic carbocycles. The fourth-order valence-electron chi connectivity index (χ4n) is 2.65. The molecule has 0 saturated carbocycles. The summed E-state index contributed by atoms with van der Waals surface area (Å²) in [5.41, 5.74) is 0. The molecule has 8 nitrogen and oxygen atoms in total. The molecule has 10 heteroatoms. The van der Waals surface area contributed by atoms with E-state index in [1.54, 1.807) is 0 Å². The predicted octanol–water partition coefficient (Wildman–Crippen LogP) is 0.618. The van der Waals surface area contributed by atoms with E-state index in [2.05, 4.69) is 5.32 Å². The Bertz CT molecular complexity index is 829. The molecule has 2 rings (SSSR count). The summed E-state index contributed by atoms with van der Waals surface area (Å²) in [5, 5.41) is 2.62. The van der Waals surface area contributed by atoms with Crippen LogP contribution in [0.2, 0.25) is 0 Å². The second-order valence-corrected chi connectivity index (χ2v) is 10.2. The topological polar surface area (TPSA) is 104 Å². The maximum Gasteiger partial charge on any atom is 0.243 e. The van der Waals surface area contributed by atoms with E-state index in [0.717, 1.165) is 23.6 Å². The van der Waals surface area contributed by atoms with Crippen LogP contribution in [0.15, 0.2) is 34.1 Å². The van der Waals surface area contributed by atoms with E-state index < -0.39 is 20.0 Å². The van der Waals surface area contributed by atoms with E-state index in [4.69, 9.17) is 0 Å². The summed E-state index contributed by atoms with van der Waals surface area (Å²) >= 11 is 0. The van der Waals surface area contributed by atoms with Crippen molar-refractivity contribution in [2.75, 3.05) is 33.2 Å². The minimum atomic E-state index is -3.88. The molecule has 1 aromatic rings. The van der Waals surface area contributed by atoms with Gasteiger partial charge in [0.05, 0.1) is 16.3 Å². The molecule has 1 aliphatic rings. The number of nitrogens with one attached hydrogen (secondary N) is 1. The normalized spacial score (nSPS) is 16.1. The molecule has 1 N–H and O–H groups in total. The Kier molecular flexibility index (Phi) is 6.78. The maximum absolute atomic E-state index is 12.5. The Hall–Kier alpha value is -1.49. The third-order valence-corrected chi connectivity index (χ3v) is 7.90. The first-order valence-corrected chi connectivity index (χ1v) is 11.4. The molecule has 1 heterocycles. The van der Waals surface area contributed by atoms with Crippen LogP contribution in [0.4, 0.5) is 0 Å². The zero-order valence-corrected chi connectivity index (χ0v) is 16.6. The maximum atomic E-state index is 12.5. The SMILES string of the molecule is CCCNC(=O)CN(C)S(=O)(=O)c1ccc(S(=O)(=O)N2CCCC2)cc1. The molecule has 26 heavy (non-hydrogen) atoms. The predicted molar refractivity (Wildman–Crippen MR) is 97.6 cm³/mol. The van der Waals surface area contributed by atoms with Crippen LogP contribution in [0.5, 0.6) is 0 Å². The third kappa shape index (κ3) is 4.61. The van der Waals surface area contributed by atoms with E-state index in [1.807, 2.05) is 6.92 Å². The average Bonchev–Trinajstić information content (AvgIpc) is 3.15. The molecule has 0 unspecified atom stereocenters. The molecule has 0 spiro atoms. The second kappa shape index (κ2) is 8.47.